The number of carbonyl (C=O) groups excluding carboxylic acids is 1. The first-order chi connectivity index (χ1) is 10.9. The van der Waals surface area contributed by atoms with Crippen molar-refractivity contribution < 1.29 is 4.79 Å². The van der Waals surface area contributed by atoms with E-state index in [0.29, 0.717) is 6.42 Å². The molecule has 3 nitrogen and oxygen atoms in total. The predicted octanol–water partition coefficient (Wildman–Crippen LogP) is 4.31. The quantitative estimate of drug-likeness (QED) is 0.846. The summed E-state index contributed by atoms with van der Waals surface area (Å²) in [5.41, 5.74) is 5.77. The molecule has 122 valence electrons. The van der Waals surface area contributed by atoms with Crippen molar-refractivity contribution >= 4 is 5.78 Å². The van der Waals surface area contributed by atoms with E-state index in [-0.39, 0.29) is 11.2 Å². The Morgan fingerprint density at radius 1 is 1.13 bits per heavy atom. The van der Waals surface area contributed by atoms with Gasteiger partial charge in [0, 0.05) is 12.1 Å². The lowest BCUT2D eigenvalue weighted by atomic mass is 9.87. The van der Waals surface area contributed by atoms with Crippen molar-refractivity contribution in [3.05, 3.63) is 52.3 Å². The number of hydrogen-bond acceptors (Lipinski definition) is 2. The van der Waals surface area contributed by atoms with Crippen LogP contribution >= 0.6 is 0 Å². The molecule has 0 unspecified atom stereocenters. The summed E-state index contributed by atoms with van der Waals surface area (Å²) in [6.45, 7) is 9.51. The molecule has 1 heterocycles. The van der Waals surface area contributed by atoms with E-state index in [1.165, 1.54) is 11.1 Å². The summed E-state index contributed by atoms with van der Waals surface area (Å²) in [7, 11) is 0. The van der Waals surface area contributed by atoms with Gasteiger partial charge in [-0.3, -0.25) is 9.48 Å². The lowest BCUT2D eigenvalue weighted by molar-refractivity contribution is 0.0971. The monoisotopic (exact) mass is 310 g/mol. The molecule has 3 rings (SSSR count). The number of aryl methyl sites for hydroxylation is 1. The number of fused-ring (bicyclic) bond motifs is 1. The fourth-order valence-corrected chi connectivity index (χ4v) is 3.33. The van der Waals surface area contributed by atoms with Crippen LogP contribution in [-0.2, 0) is 24.8 Å². The van der Waals surface area contributed by atoms with E-state index < -0.39 is 0 Å². The molecule has 1 aromatic heterocycles. The van der Waals surface area contributed by atoms with Gasteiger partial charge >= 0.3 is 0 Å². The Morgan fingerprint density at radius 3 is 2.43 bits per heavy atom. The summed E-state index contributed by atoms with van der Waals surface area (Å²) in [5.74, 6) is 0.275. The maximum atomic E-state index is 12.2. The molecule has 0 radical (unpaired) electrons. The van der Waals surface area contributed by atoms with Crippen LogP contribution in [0.1, 0.15) is 73.4 Å². The SMILES string of the molecule is CCc1nn(Cc2ccc(C(C)(C)C)cc2)c2c1C(=O)CCC2. The van der Waals surface area contributed by atoms with Crippen molar-refractivity contribution in [3.63, 3.8) is 0 Å². The number of Topliss-reactive ketones (excluding diaryl/α,β-unsaturated/α-hetero) is 1. The number of ketones is 1. The second-order valence-corrected chi connectivity index (χ2v) is 7.50. The van der Waals surface area contributed by atoms with E-state index in [0.717, 1.165) is 42.8 Å². The lowest BCUT2D eigenvalue weighted by Gasteiger charge is -2.19. The van der Waals surface area contributed by atoms with E-state index >= 15 is 0 Å². The van der Waals surface area contributed by atoms with Crippen molar-refractivity contribution in [2.75, 3.05) is 0 Å². The summed E-state index contributed by atoms with van der Waals surface area (Å²) in [6, 6.07) is 8.78. The highest BCUT2D eigenvalue weighted by molar-refractivity contribution is 5.99. The highest BCUT2D eigenvalue weighted by Crippen LogP contribution is 2.26. The number of benzene rings is 1. The zero-order chi connectivity index (χ0) is 16.6. The molecule has 1 aliphatic rings. The smallest absolute Gasteiger partial charge is 0.166 e. The first-order valence-electron chi connectivity index (χ1n) is 8.61. The van der Waals surface area contributed by atoms with Crippen LogP contribution in [0.4, 0.5) is 0 Å². The van der Waals surface area contributed by atoms with E-state index in [1.807, 2.05) is 0 Å². The summed E-state index contributed by atoms with van der Waals surface area (Å²) in [6.07, 6.45) is 3.41. The van der Waals surface area contributed by atoms with Crippen molar-refractivity contribution in [1.29, 1.82) is 0 Å². The Hall–Kier alpha value is -1.90. The standard InChI is InChI=1S/C20H26N2O/c1-5-16-19-17(7-6-8-18(19)23)22(21-16)13-14-9-11-15(12-10-14)20(2,3)4/h9-12H,5-8,13H2,1-4H3. The number of rotatable bonds is 3. The van der Waals surface area contributed by atoms with Gasteiger partial charge in [0.05, 0.1) is 17.8 Å². The molecule has 0 amide bonds. The van der Waals surface area contributed by atoms with Crippen LogP contribution < -0.4 is 0 Å². The predicted molar refractivity (Wildman–Crippen MR) is 93.1 cm³/mol. The van der Waals surface area contributed by atoms with Crippen LogP contribution in [0.5, 0.6) is 0 Å². The van der Waals surface area contributed by atoms with E-state index in [1.54, 1.807) is 0 Å². The third-order valence-corrected chi connectivity index (χ3v) is 4.71. The molecular weight excluding hydrogens is 284 g/mol. The van der Waals surface area contributed by atoms with E-state index in [4.69, 9.17) is 5.10 Å². The minimum Gasteiger partial charge on any atom is -0.294 e. The zero-order valence-electron chi connectivity index (χ0n) is 14.6. The summed E-state index contributed by atoms with van der Waals surface area (Å²) >= 11 is 0. The van der Waals surface area contributed by atoms with Gasteiger partial charge in [-0.15, -0.1) is 0 Å². The number of hydrogen-bond donors (Lipinski definition) is 0. The van der Waals surface area contributed by atoms with Crippen LogP contribution in [0.25, 0.3) is 0 Å². The molecule has 0 atom stereocenters. The number of aromatic nitrogens is 2. The van der Waals surface area contributed by atoms with Gasteiger partial charge in [-0.1, -0.05) is 52.0 Å². The van der Waals surface area contributed by atoms with Crippen molar-refractivity contribution in [2.24, 2.45) is 0 Å². The molecule has 1 aromatic carbocycles. The van der Waals surface area contributed by atoms with Crippen molar-refractivity contribution in [2.45, 2.75) is 65.3 Å². The molecule has 0 bridgehead atoms. The molecule has 3 heteroatoms. The van der Waals surface area contributed by atoms with Gasteiger partial charge in [-0.05, 0) is 35.8 Å². The molecule has 1 aliphatic carbocycles. The van der Waals surface area contributed by atoms with Crippen molar-refractivity contribution in [3.8, 4) is 0 Å². The fraction of sp³-hybridized carbons (Fsp3) is 0.500. The minimum atomic E-state index is 0.172. The van der Waals surface area contributed by atoms with Gasteiger partial charge in [-0.25, -0.2) is 0 Å². The highest BCUT2D eigenvalue weighted by Gasteiger charge is 2.26. The number of nitrogens with zero attached hydrogens (tertiary/aromatic N) is 2. The van der Waals surface area contributed by atoms with Crippen LogP contribution in [0.2, 0.25) is 0 Å². The third kappa shape index (κ3) is 3.10. The first-order valence-corrected chi connectivity index (χ1v) is 8.61. The van der Waals surface area contributed by atoms with Gasteiger partial charge in [0.1, 0.15) is 0 Å². The largest absolute Gasteiger partial charge is 0.294 e. The van der Waals surface area contributed by atoms with Crippen molar-refractivity contribution in [1.82, 2.24) is 9.78 Å². The normalized spacial score (nSPS) is 14.9. The molecule has 23 heavy (non-hydrogen) atoms. The molecule has 2 aromatic rings. The van der Waals surface area contributed by atoms with Crippen LogP contribution in [-0.4, -0.2) is 15.6 Å². The minimum absolute atomic E-state index is 0.172. The summed E-state index contributed by atoms with van der Waals surface area (Å²) in [5, 5.41) is 4.72. The van der Waals surface area contributed by atoms with Gasteiger partial charge in [-0.2, -0.15) is 5.10 Å². The molecule has 0 fully saturated rings. The molecular formula is C20H26N2O. The van der Waals surface area contributed by atoms with Gasteiger partial charge in [0.15, 0.2) is 5.78 Å². The highest BCUT2D eigenvalue weighted by atomic mass is 16.1. The molecule has 0 saturated carbocycles. The fourth-order valence-electron chi connectivity index (χ4n) is 3.33. The van der Waals surface area contributed by atoms with Crippen LogP contribution in [0.3, 0.4) is 0 Å². The second-order valence-electron chi connectivity index (χ2n) is 7.50. The maximum absolute atomic E-state index is 12.2. The van der Waals surface area contributed by atoms with Gasteiger partial charge < -0.3 is 0 Å². The Labute approximate surface area is 138 Å². The first kappa shape index (κ1) is 16.0. The molecule has 0 saturated heterocycles. The molecule has 0 spiro atoms. The van der Waals surface area contributed by atoms with Crippen LogP contribution in [0, 0.1) is 0 Å². The third-order valence-electron chi connectivity index (χ3n) is 4.71. The summed E-state index contributed by atoms with van der Waals surface area (Å²) in [4.78, 5) is 12.2. The second kappa shape index (κ2) is 5.95. The average molecular weight is 310 g/mol. The van der Waals surface area contributed by atoms with Gasteiger partial charge in [0.25, 0.3) is 0 Å². The molecule has 0 N–H and O–H groups in total. The summed E-state index contributed by atoms with van der Waals surface area (Å²) < 4.78 is 2.05. The number of carbonyl (C=O) groups is 1. The van der Waals surface area contributed by atoms with E-state index in [2.05, 4.69) is 56.6 Å². The molecule has 0 aliphatic heterocycles. The zero-order valence-corrected chi connectivity index (χ0v) is 14.6. The Bertz CT molecular complexity index is 717. The van der Waals surface area contributed by atoms with E-state index in [9.17, 15) is 4.79 Å². The topological polar surface area (TPSA) is 34.9 Å². The Balaban J connectivity index is 1.90. The average Bonchev–Trinajstić information content (AvgIpc) is 2.86. The lowest BCUT2D eigenvalue weighted by Crippen LogP contribution is -2.15. The van der Waals surface area contributed by atoms with Crippen LogP contribution in [0.15, 0.2) is 24.3 Å². The Kier molecular flexibility index (Phi) is 4.13. The van der Waals surface area contributed by atoms with Gasteiger partial charge in [0.2, 0.25) is 0 Å². The maximum Gasteiger partial charge on any atom is 0.166 e. The Morgan fingerprint density at radius 2 is 1.83 bits per heavy atom.